The highest BCUT2D eigenvalue weighted by Gasteiger charge is 2.19. The van der Waals surface area contributed by atoms with Gasteiger partial charge in [0.2, 0.25) is 0 Å². The van der Waals surface area contributed by atoms with Gasteiger partial charge in [0.15, 0.2) is 11.6 Å². The van der Waals surface area contributed by atoms with Crippen molar-refractivity contribution in [3.05, 3.63) is 28.5 Å². The molecule has 0 saturated carbocycles. The van der Waals surface area contributed by atoms with Crippen molar-refractivity contribution in [2.24, 2.45) is 0 Å². The maximum absolute atomic E-state index is 12.6. The summed E-state index contributed by atoms with van der Waals surface area (Å²) < 4.78 is 48.7. The molecule has 0 fully saturated rings. The largest absolute Gasteiger partial charge is 0.283 e. The average Bonchev–Trinajstić information content (AvgIpc) is 2.00. The Morgan fingerprint density at radius 1 is 1.33 bits per heavy atom. The number of aromatic nitrogens is 1. The van der Waals surface area contributed by atoms with Crippen LogP contribution in [-0.4, -0.2) is 4.98 Å². The molecule has 0 unspecified atom stereocenters. The molecule has 12 heavy (non-hydrogen) atoms. The SMILES string of the molecule is Fc1cnc(C(F)F)c(F)c1Cl. The lowest BCUT2D eigenvalue weighted by Gasteiger charge is -2.01. The summed E-state index contributed by atoms with van der Waals surface area (Å²) in [6.45, 7) is 0. The van der Waals surface area contributed by atoms with E-state index in [4.69, 9.17) is 11.6 Å². The highest BCUT2D eigenvalue weighted by molar-refractivity contribution is 6.30. The molecule has 0 amide bonds. The van der Waals surface area contributed by atoms with Crippen LogP contribution in [-0.2, 0) is 0 Å². The van der Waals surface area contributed by atoms with E-state index in [9.17, 15) is 17.6 Å². The highest BCUT2D eigenvalue weighted by Crippen LogP contribution is 2.26. The molecule has 0 radical (unpaired) electrons. The Labute approximate surface area is 70.0 Å². The van der Waals surface area contributed by atoms with Gasteiger partial charge in [-0.15, -0.1) is 0 Å². The molecule has 1 aromatic rings. The lowest BCUT2D eigenvalue weighted by atomic mass is 10.3. The molecule has 0 aliphatic heterocycles. The zero-order valence-corrected chi connectivity index (χ0v) is 6.25. The van der Waals surface area contributed by atoms with Crippen molar-refractivity contribution in [1.82, 2.24) is 4.98 Å². The van der Waals surface area contributed by atoms with Crippen molar-refractivity contribution in [3.8, 4) is 0 Å². The van der Waals surface area contributed by atoms with Crippen molar-refractivity contribution in [1.29, 1.82) is 0 Å². The molecule has 1 rings (SSSR count). The lowest BCUT2D eigenvalue weighted by Crippen LogP contribution is -1.98. The molecule has 0 spiro atoms. The zero-order chi connectivity index (χ0) is 9.30. The van der Waals surface area contributed by atoms with Gasteiger partial charge in [0.1, 0.15) is 10.7 Å². The van der Waals surface area contributed by atoms with Gasteiger partial charge in [-0.2, -0.15) is 0 Å². The number of halogens is 5. The van der Waals surface area contributed by atoms with Gasteiger partial charge in [-0.25, -0.2) is 22.5 Å². The van der Waals surface area contributed by atoms with E-state index in [2.05, 4.69) is 4.98 Å². The zero-order valence-electron chi connectivity index (χ0n) is 5.49. The third kappa shape index (κ3) is 1.50. The molecule has 0 aromatic carbocycles. The fraction of sp³-hybridized carbons (Fsp3) is 0.167. The maximum atomic E-state index is 12.6. The molecule has 0 saturated heterocycles. The van der Waals surface area contributed by atoms with Crippen LogP contribution in [0.5, 0.6) is 0 Å². The van der Waals surface area contributed by atoms with E-state index >= 15 is 0 Å². The summed E-state index contributed by atoms with van der Waals surface area (Å²) >= 11 is 5.00. The van der Waals surface area contributed by atoms with E-state index in [0.717, 1.165) is 0 Å². The van der Waals surface area contributed by atoms with Gasteiger partial charge in [-0.3, -0.25) is 0 Å². The second-order valence-electron chi connectivity index (χ2n) is 1.92. The lowest BCUT2D eigenvalue weighted by molar-refractivity contribution is 0.140. The number of nitrogens with zero attached hydrogens (tertiary/aromatic N) is 1. The molecule has 0 N–H and O–H groups in total. The van der Waals surface area contributed by atoms with Crippen LogP contribution in [0, 0.1) is 11.6 Å². The summed E-state index contributed by atoms with van der Waals surface area (Å²) in [5, 5.41) is -0.958. The van der Waals surface area contributed by atoms with Gasteiger partial charge in [0, 0.05) is 0 Å². The third-order valence-electron chi connectivity index (χ3n) is 1.15. The number of rotatable bonds is 1. The normalized spacial score (nSPS) is 10.8. The Hall–Kier alpha value is -0.840. The minimum absolute atomic E-state index is 0.451. The Morgan fingerprint density at radius 2 is 1.92 bits per heavy atom. The molecule has 66 valence electrons. The van der Waals surface area contributed by atoms with Gasteiger partial charge < -0.3 is 0 Å². The molecule has 6 heteroatoms. The van der Waals surface area contributed by atoms with Gasteiger partial charge in [0.05, 0.1) is 6.20 Å². The fourth-order valence-electron chi connectivity index (χ4n) is 0.609. The fourth-order valence-corrected chi connectivity index (χ4v) is 0.755. The van der Waals surface area contributed by atoms with Gasteiger partial charge >= 0.3 is 0 Å². The molecule has 0 aliphatic carbocycles. The summed E-state index contributed by atoms with van der Waals surface area (Å²) in [7, 11) is 0. The number of hydrogen-bond donors (Lipinski definition) is 0. The first kappa shape index (κ1) is 9.25. The predicted octanol–water partition coefficient (Wildman–Crippen LogP) is 2.95. The molecule has 0 aliphatic rings. The molecular formula is C6H2ClF4N. The molecular weight excluding hydrogens is 198 g/mol. The van der Waals surface area contributed by atoms with Gasteiger partial charge in [0.25, 0.3) is 6.43 Å². The van der Waals surface area contributed by atoms with Crippen LogP contribution in [0.3, 0.4) is 0 Å². The van der Waals surface area contributed by atoms with Crippen molar-refractivity contribution >= 4 is 11.6 Å². The minimum Gasteiger partial charge on any atom is -0.249 e. The van der Waals surface area contributed by atoms with Gasteiger partial charge in [-0.05, 0) is 0 Å². The van der Waals surface area contributed by atoms with Crippen molar-refractivity contribution in [3.63, 3.8) is 0 Å². The van der Waals surface area contributed by atoms with Crippen LogP contribution in [0.2, 0.25) is 5.02 Å². The highest BCUT2D eigenvalue weighted by atomic mass is 35.5. The molecule has 1 heterocycles. The van der Waals surface area contributed by atoms with Crippen molar-refractivity contribution in [2.45, 2.75) is 6.43 Å². The Balaban J connectivity index is 3.27. The predicted molar refractivity (Wildman–Crippen MR) is 34.1 cm³/mol. The second kappa shape index (κ2) is 3.26. The minimum atomic E-state index is -3.09. The molecule has 1 aromatic heterocycles. The van der Waals surface area contributed by atoms with E-state index in [1.165, 1.54) is 0 Å². The molecule has 0 bridgehead atoms. The second-order valence-corrected chi connectivity index (χ2v) is 2.30. The first-order valence-electron chi connectivity index (χ1n) is 2.81. The van der Waals surface area contributed by atoms with Crippen LogP contribution in [0.1, 0.15) is 12.1 Å². The average molecular weight is 200 g/mol. The monoisotopic (exact) mass is 199 g/mol. The van der Waals surface area contributed by atoms with Crippen LogP contribution < -0.4 is 0 Å². The van der Waals surface area contributed by atoms with Crippen LogP contribution in [0.4, 0.5) is 17.6 Å². The van der Waals surface area contributed by atoms with E-state index in [1.54, 1.807) is 0 Å². The van der Waals surface area contributed by atoms with Crippen LogP contribution in [0.15, 0.2) is 6.20 Å². The standard InChI is InChI=1S/C6H2ClF4N/c7-3-2(8)1-12-5(4(3)9)6(10)11/h1,6H. The number of hydrogen-bond acceptors (Lipinski definition) is 1. The van der Waals surface area contributed by atoms with E-state index in [0.29, 0.717) is 6.20 Å². The van der Waals surface area contributed by atoms with Gasteiger partial charge in [-0.1, -0.05) is 11.6 Å². The first-order valence-corrected chi connectivity index (χ1v) is 3.19. The van der Waals surface area contributed by atoms with Crippen molar-refractivity contribution in [2.75, 3.05) is 0 Å². The van der Waals surface area contributed by atoms with Crippen LogP contribution in [0.25, 0.3) is 0 Å². The molecule has 1 nitrogen and oxygen atoms in total. The van der Waals surface area contributed by atoms with Crippen LogP contribution >= 0.6 is 11.6 Å². The molecule has 0 atom stereocenters. The summed E-state index contributed by atoms with van der Waals surface area (Å²) in [5.74, 6) is -2.66. The summed E-state index contributed by atoms with van der Waals surface area (Å²) in [6, 6.07) is 0. The quantitative estimate of drug-likeness (QED) is 0.634. The Morgan fingerprint density at radius 3 is 2.42 bits per heavy atom. The smallest absolute Gasteiger partial charge is 0.249 e. The first-order chi connectivity index (χ1) is 5.54. The van der Waals surface area contributed by atoms with E-state index in [-0.39, 0.29) is 0 Å². The number of alkyl halides is 2. The Kier molecular flexibility index (Phi) is 2.52. The van der Waals surface area contributed by atoms with Crippen molar-refractivity contribution < 1.29 is 17.6 Å². The summed E-state index contributed by atoms with van der Waals surface area (Å²) in [5.41, 5.74) is -1.14. The number of pyridine rings is 1. The third-order valence-corrected chi connectivity index (χ3v) is 1.50. The van der Waals surface area contributed by atoms with E-state index < -0.39 is 28.8 Å². The summed E-state index contributed by atoms with van der Waals surface area (Å²) in [4.78, 5) is 2.85. The van der Waals surface area contributed by atoms with E-state index in [1.807, 2.05) is 0 Å². The maximum Gasteiger partial charge on any atom is 0.283 e. The topological polar surface area (TPSA) is 12.9 Å². The summed E-state index contributed by atoms with van der Waals surface area (Å²) in [6.07, 6.45) is -2.64. The Bertz CT molecular complexity index is 302.